The monoisotopic (exact) mass is 249 g/mol. The Morgan fingerprint density at radius 1 is 1.17 bits per heavy atom. The highest BCUT2D eigenvalue weighted by Gasteiger charge is 2.01. The standard InChI is InChI=1S/C14H23N3O/c1-3-17(4-2)12-8-11-15-14(18)16-13-9-6-5-7-10-13/h5-7,9-10H,3-4,8,11-12H2,1-2H3,(H2,15,16,18). The average molecular weight is 249 g/mol. The molecular formula is C14H23N3O. The first-order valence-corrected chi connectivity index (χ1v) is 6.58. The van der Waals surface area contributed by atoms with Crippen molar-refractivity contribution in [1.82, 2.24) is 10.2 Å². The van der Waals surface area contributed by atoms with E-state index in [1.54, 1.807) is 0 Å². The van der Waals surface area contributed by atoms with Gasteiger partial charge in [0.1, 0.15) is 0 Å². The molecular weight excluding hydrogens is 226 g/mol. The van der Waals surface area contributed by atoms with Gasteiger partial charge in [0.2, 0.25) is 0 Å². The zero-order chi connectivity index (χ0) is 13.2. The van der Waals surface area contributed by atoms with Gasteiger partial charge in [-0.1, -0.05) is 32.0 Å². The maximum atomic E-state index is 11.6. The van der Waals surface area contributed by atoms with Gasteiger partial charge in [0.25, 0.3) is 0 Å². The van der Waals surface area contributed by atoms with E-state index in [4.69, 9.17) is 0 Å². The van der Waals surface area contributed by atoms with E-state index < -0.39 is 0 Å². The lowest BCUT2D eigenvalue weighted by atomic mass is 10.3. The molecule has 2 amide bonds. The van der Waals surface area contributed by atoms with E-state index in [1.807, 2.05) is 30.3 Å². The second-order valence-corrected chi connectivity index (χ2v) is 4.13. The van der Waals surface area contributed by atoms with Crippen molar-refractivity contribution < 1.29 is 4.79 Å². The lowest BCUT2D eigenvalue weighted by Gasteiger charge is -2.17. The van der Waals surface area contributed by atoms with Crippen LogP contribution in [0.5, 0.6) is 0 Å². The molecule has 0 atom stereocenters. The van der Waals surface area contributed by atoms with Crippen LogP contribution in [0.25, 0.3) is 0 Å². The SMILES string of the molecule is CCN(CC)CCCNC(=O)Nc1ccccc1. The summed E-state index contributed by atoms with van der Waals surface area (Å²) in [7, 11) is 0. The lowest BCUT2D eigenvalue weighted by Crippen LogP contribution is -2.32. The molecule has 18 heavy (non-hydrogen) atoms. The summed E-state index contributed by atoms with van der Waals surface area (Å²) in [5, 5.41) is 5.65. The van der Waals surface area contributed by atoms with E-state index >= 15 is 0 Å². The van der Waals surface area contributed by atoms with E-state index in [2.05, 4.69) is 29.4 Å². The second-order valence-electron chi connectivity index (χ2n) is 4.13. The van der Waals surface area contributed by atoms with Crippen LogP contribution < -0.4 is 10.6 Å². The van der Waals surface area contributed by atoms with Crippen LogP contribution >= 0.6 is 0 Å². The van der Waals surface area contributed by atoms with Crippen molar-refractivity contribution in [2.45, 2.75) is 20.3 Å². The first kappa shape index (κ1) is 14.5. The topological polar surface area (TPSA) is 44.4 Å². The van der Waals surface area contributed by atoms with Gasteiger partial charge in [-0.05, 0) is 38.2 Å². The van der Waals surface area contributed by atoms with Crippen LogP contribution in [-0.4, -0.2) is 37.1 Å². The quantitative estimate of drug-likeness (QED) is 0.729. The van der Waals surface area contributed by atoms with Gasteiger partial charge in [-0.3, -0.25) is 0 Å². The number of hydrogen-bond donors (Lipinski definition) is 2. The molecule has 0 aliphatic rings. The predicted molar refractivity (Wildman–Crippen MR) is 75.9 cm³/mol. The van der Waals surface area contributed by atoms with Gasteiger partial charge in [-0.15, -0.1) is 0 Å². The molecule has 100 valence electrons. The molecule has 0 aliphatic carbocycles. The number of nitrogens with one attached hydrogen (secondary N) is 2. The number of para-hydroxylation sites is 1. The van der Waals surface area contributed by atoms with Crippen LogP contribution in [0.2, 0.25) is 0 Å². The number of amides is 2. The molecule has 0 aromatic heterocycles. The van der Waals surface area contributed by atoms with Crippen molar-refractivity contribution in [3.8, 4) is 0 Å². The van der Waals surface area contributed by atoms with Crippen LogP contribution in [0.15, 0.2) is 30.3 Å². The zero-order valence-electron chi connectivity index (χ0n) is 11.3. The van der Waals surface area contributed by atoms with Gasteiger partial charge in [0.05, 0.1) is 0 Å². The molecule has 0 saturated heterocycles. The van der Waals surface area contributed by atoms with Crippen LogP contribution in [0.4, 0.5) is 10.5 Å². The summed E-state index contributed by atoms with van der Waals surface area (Å²) in [6.07, 6.45) is 0.976. The molecule has 0 bridgehead atoms. The van der Waals surface area contributed by atoms with Crippen LogP contribution in [0.1, 0.15) is 20.3 Å². The fraction of sp³-hybridized carbons (Fsp3) is 0.500. The number of urea groups is 1. The smallest absolute Gasteiger partial charge is 0.319 e. The number of carbonyl (C=O) groups excluding carboxylic acids is 1. The maximum absolute atomic E-state index is 11.6. The van der Waals surface area contributed by atoms with Crippen molar-refractivity contribution in [3.63, 3.8) is 0 Å². The predicted octanol–water partition coefficient (Wildman–Crippen LogP) is 2.54. The Bertz CT molecular complexity index is 336. The van der Waals surface area contributed by atoms with Crippen LogP contribution in [-0.2, 0) is 0 Å². The lowest BCUT2D eigenvalue weighted by molar-refractivity contribution is 0.250. The summed E-state index contributed by atoms with van der Waals surface area (Å²) in [4.78, 5) is 13.9. The maximum Gasteiger partial charge on any atom is 0.319 e. The molecule has 0 aliphatic heterocycles. The van der Waals surface area contributed by atoms with Gasteiger partial charge in [0.15, 0.2) is 0 Å². The number of rotatable bonds is 7. The third-order valence-electron chi connectivity index (χ3n) is 2.86. The molecule has 2 N–H and O–H groups in total. The third kappa shape index (κ3) is 5.68. The first-order valence-electron chi connectivity index (χ1n) is 6.58. The highest BCUT2D eigenvalue weighted by atomic mass is 16.2. The highest BCUT2D eigenvalue weighted by molar-refractivity contribution is 5.89. The fourth-order valence-corrected chi connectivity index (χ4v) is 1.74. The number of carbonyl (C=O) groups is 1. The summed E-state index contributed by atoms with van der Waals surface area (Å²) in [5.74, 6) is 0. The first-order chi connectivity index (χ1) is 8.76. The molecule has 1 aromatic carbocycles. The Morgan fingerprint density at radius 3 is 2.44 bits per heavy atom. The molecule has 4 nitrogen and oxygen atoms in total. The highest BCUT2D eigenvalue weighted by Crippen LogP contribution is 2.03. The minimum absolute atomic E-state index is 0.138. The van der Waals surface area contributed by atoms with E-state index in [-0.39, 0.29) is 6.03 Å². The summed E-state index contributed by atoms with van der Waals surface area (Å²) in [6.45, 7) is 8.16. The summed E-state index contributed by atoms with van der Waals surface area (Å²) < 4.78 is 0. The Balaban J connectivity index is 2.14. The van der Waals surface area contributed by atoms with E-state index in [0.717, 1.165) is 31.7 Å². The minimum Gasteiger partial charge on any atom is -0.338 e. The number of hydrogen-bond acceptors (Lipinski definition) is 2. The van der Waals surface area contributed by atoms with Crippen LogP contribution in [0.3, 0.4) is 0 Å². The number of nitrogens with zero attached hydrogens (tertiary/aromatic N) is 1. The molecule has 1 rings (SSSR count). The summed E-state index contributed by atoms with van der Waals surface area (Å²) >= 11 is 0. The molecule has 1 aromatic rings. The Kier molecular flexibility index (Phi) is 6.87. The van der Waals surface area contributed by atoms with Gasteiger partial charge in [-0.25, -0.2) is 4.79 Å². The van der Waals surface area contributed by atoms with E-state index in [1.165, 1.54) is 0 Å². The number of anilines is 1. The van der Waals surface area contributed by atoms with Crippen molar-refractivity contribution in [3.05, 3.63) is 30.3 Å². The molecule has 0 radical (unpaired) electrons. The van der Waals surface area contributed by atoms with E-state index in [9.17, 15) is 4.79 Å². The third-order valence-corrected chi connectivity index (χ3v) is 2.86. The van der Waals surface area contributed by atoms with E-state index in [0.29, 0.717) is 6.54 Å². The molecule has 0 spiro atoms. The van der Waals surface area contributed by atoms with Gasteiger partial charge in [-0.2, -0.15) is 0 Å². The Morgan fingerprint density at radius 2 is 1.83 bits per heavy atom. The molecule has 0 heterocycles. The number of benzene rings is 1. The summed E-state index contributed by atoms with van der Waals surface area (Å²) in [5.41, 5.74) is 0.818. The largest absolute Gasteiger partial charge is 0.338 e. The van der Waals surface area contributed by atoms with Crippen molar-refractivity contribution >= 4 is 11.7 Å². The minimum atomic E-state index is -0.138. The van der Waals surface area contributed by atoms with Gasteiger partial charge in [0, 0.05) is 12.2 Å². The van der Waals surface area contributed by atoms with Crippen LogP contribution in [0, 0.1) is 0 Å². The average Bonchev–Trinajstić information content (AvgIpc) is 2.40. The fourth-order valence-electron chi connectivity index (χ4n) is 1.74. The molecule has 0 fully saturated rings. The van der Waals surface area contributed by atoms with Gasteiger partial charge < -0.3 is 15.5 Å². The van der Waals surface area contributed by atoms with Crippen molar-refractivity contribution in [2.75, 3.05) is 31.5 Å². The van der Waals surface area contributed by atoms with Crippen molar-refractivity contribution in [1.29, 1.82) is 0 Å². The zero-order valence-corrected chi connectivity index (χ0v) is 11.3. The molecule has 4 heteroatoms. The van der Waals surface area contributed by atoms with Gasteiger partial charge >= 0.3 is 6.03 Å². The molecule has 0 saturated carbocycles. The van der Waals surface area contributed by atoms with Crippen molar-refractivity contribution in [2.24, 2.45) is 0 Å². The molecule has 0 unspecified atom stereocenters. The normalized spacial score (nSPS) is 10.4. The second kappa shape index (κ2) is 8.53. The summed E-state index contributed by atoms with van der Waals surface area (Å²) in [6, 6.07) is 9.32. The Labute approximate surface area is 109 Å². The Hall–Kier alpha value is -1.55.